The zero-order chi connectivity index (χ0) is 15.4. The van der Waals surface area contributed by atoms with Crippen LogP contribution >= 0.6 is 0 Å². The summed E-state index contributed by atoms with van der Waals surface area (Å²) in [4.78, 5) is 8.77. The van der Waals surface area contributed by atoms with E-state index in [1.54, 1.807) is 6.20 Å². The topological polar surface area (TPSA) is 50.9 Å². The zero-order valence-corrected chi connectivity index (χ0v) is 12.6. The molecule has 5 rings (SSSR count). The van der Waals surface area contributed by atoms with E-state index >= 15 is 0 Å². The molecule has 0 saturated heterocycles. The molecule has 3 heterocycles. The molecule has 114 valence electrons. The number of aliphatic hydroxyl groups is 1. The first-order chi connectivity index (χ1) is 11.3. The Kier molecular flexibility index (Phi) is 2.70. The third-order valence-electron chi connectivity index (χ3n) is 5.29. The first kappa shape index (κ1) is 13.0. The maximum atomic E-state index is 11.0. The minimum absolute atomic E-state index is 0.119. The van der Waals surface area contributed by atoms with Gasteiger partial charge in [-0.2, -0.15) is 0 Å². The highest BCUT2D eigenvalue weighted by Crippen LogP contribution is 2.49. The molecule has 4 heteroatoms. The summed E-state index contributed by atoms with van der Waals surface area (Å²) in [5.41, 5.74) is 5.68. The number of nitrogens with zero attached hydrogens (tertiary/aromatic N) is 3. The van der Waals surface area contributed by atoms with E-state index in [0.717, 1.165) is 24.2 Å². The monoisotopic (exact) mass is 303 g/mol. The van der Waals surface area contributed by atoms with Crippen LogP contribution in [0.5, 0.6) is 0 Å². The van der Waals surface area contributed by atoms with Crippen LogP contribution in [0.15, 0.2) is 55.1 Å². The van der Waals surface area contributed by atoms with E-state index in [1.807, 2.05) is 18.6 Å². The van der Waals surface area contributed by atoms with Gasteiger partial charge in [-0.1, -0.05) is 30.3 Å². The molecule has 4 nitrogen and oxygen atoms in total. The summed E-state index contributed by atoms with van der Waals surface area (Å²) >= 11 is 0. The zero-order valence-electron chi connectivity index (χ0n) is 12.6. The van der Waals surface area contributed by atoms with Gasteiger partial charge in [0.05, 0.1) is 30.0 Å². The lowest BCUT2D eigenvalue weighted by Gasteiger charge is -2.34. The van der Waals surface area contributed by atoms with Crippen LogP contribution in [0.3, 0.4) is 0 Å². The van der Waals surface area contributed by atoms with Gasteiger partial charge in [0.25, 0.3) is 0 Å². The quantitative estimate of drug-likeness (QED) is 0.751. The molecule has 0 fully saturated rings. The Morgan fingerprint density at radius 2 is 2.04 bits per heavy atom. The predicted octanol–water partition coefficient (Wildman–Crippen LogP) is 3.14. The van der Waals surface area contributed by atoms with E-state index in [1.165, 1.54) is 16.7 Å². The first-order valence-electron chi connectivity index (χ1n) is 8.07. The van der Waals surface area contributed by atoms with Crippen molar-refractivity contribution in [2.75, 3.05) is 0 Å². The number of hydrogen-bond acceptors (Lipinski definition) is 3. The van der Waals surface area contributed by atoms with Crippen molar-refractivity contribution in [1.82, 2.24) is 14.5 Å². The molecule has 1 aromatic carbocycles. The highest BCUT2D eigenvalue weighted by Gasteiger charge is 2.40. The summed E-state index contributed by atoms with van der Waals surface area (Å²) < 4.78 is 2.21. The fraction of sp³-hybridized carbons (Fsp3) is 0.263. The number of imidazole rings is 1. The van der Waals surface area contributed by atoms with Gasteiger partial charge in [-0.05, 0) is 30.0 Å². The van der Waals surface area contributed by atoms with Gasteiger partial charge in [0, 0.05) is 17.7 Å². The van der Waals surface area contributed by atoms with Crippen molar-refractivity contribution in [3.63, 3.8) is 0 Å². The fourth-order valence-electron chi connectivity index (χ4n) is 4.25. The third kappa shape index (κ3) is 1.75. The predicted molar refractivity (Wildman–Crippen MR) is 86.8 cm³/mol. The van der Waals surface area contributed by atoms with Gasteiger partial charge in [-0.15, -0.1) is 0 Å². The van der Waals surface area contributed by atoms with E-state index in [-0.39, 0.29) is 12.0 Å². The standard InChI is InChI=1S/C19H17N3O/c23-19-15(8-7-12-4-3-9-21-17(12)19)18-14-6-2-1-5-13(14)16-10-20-11-22(16)18/h1-6,9-11,15,18-19,23H,7-8H2/t15-,18+,19-/m0/s1. The lowest BCUT2D eigenvalue weighted by atomic mass is 9.78. The van der Waals surface area contributed by atoms with E-state index in [4.69, 9.17) is 0 Å². The summed E-state index contributed by atoms with van der Waals surface area (Å²) in [5.74, 6) is 0.119. The van der Waals surface area contributed by atoms with Crippen molar-refractivity contribution in [2.45, 2.75) is 25.0 Å². The largest absolute Gasteiger partial charge is 0.386 e. The van der Waals surface area contributed by atoms with Gasteiger partial charge in [-0.3, -0.25) is 4.98 Å². The summed E-state index contributed by atoms with van der Waals surface area (Å²) in [5, 5.41) is 11.0. The van der Waals surface area contributed by atoms with Gasteiger partial charge in [0.1, 0.15) is 6.10 Å². The van der Waals surface area contributed by atoms with Gasteiger partial charge in [0.15, 0.2) is 0 Å². The smallest absolute Gasteiger partial charge is 0.101 e. The van der Waals surface area contributed by atoms with Gasteiger partial charge < -0.3 is 9.67 Å². The van der Waals surface area contributed by atoms with Crippen LogP contribution in [0, 0.1) is 5.92 Å². The van der Waals surface area contributed by atoms with Crippen molar-refractivity contribution in [2.24, 2.45) is 5.92 Å². The van der Waals surface area contributed by atoms with Crippen molar-refractivity contribution in [3.05, 3.63) is 71.9 Å². The van der Waals surface area contributed by atoms with Gasteiger partial charge in [-0.25, -0.2) is 4.98 Å². The molecule has 1 aliphatic heterocycles. The SMILES string of the molecule is O[C@@H]1c2ncccc2CC[C@H]1[C@H]1c2ccccc2-c2cncn21. The van der Waals surface area contributed by atoms with Crippen molar-refractivity contribution >= 4 is 0 Å². The van der Waals surface area contributed by atoms with Crippen molar-refractivity contribution in [1.29, 1.82) is 0 Å². The molecule has 1 aliphatic carbocycles. The Morgan fingerprint density at radius 1 is 1.13 bits per heavy atom. The minimum Gasteiger partial charge on any atom is -0.386 e. The lowest BCUT2D eigenvalue weighted by molar-refractivity contribution is 0.0679. The molecule has 2 aliphatic rings. The average molecular weight is 303 g/mol. The maximum absolute atomic E-state index is 11.0. The number of hydrogen-bond donors (Lipinski definition) is 1. The highest BCUT2D eigenvalue weighted by molar-refractivity contribution is 5.69. The maximum Gasteiger partial charge on any atom is 0.101 e. The van der Waals surface area contributed by atoms with Crippen LogP contribution in [-0.4, -0.2) is 19.6 Å². The Morgan fingerprint density at radius 3 is 3.00 bits per heavy atom. The molecule has 23 heavy (non-hydrogen) atoms. The summed E-state index contributed by atoms with van der Waals surface area (Å²) in [6.45, 7) is 0. The molecular weight excluding hydrogens is 286 g/mol. The van der Waals surface area contributed by atoms with Gasteiger partial charge in [0.2, 0.25) is 0 Å². The van der Waals surface area contributed by atoms with E-state index in [9.17, 15) is 5.11 Å². The molecule has 3 atom stereocenters. The number of fused-ring (bicyclic) bond motifs is 4. The second kappa shape index (κ2) is 4.77. The number of aliphatic hydroxyl groups excluding tert-OH is 1. The van der Waals surface area contributed by atoms with Crippen LogP contribution in [0.25, 0.3) is 11.3 Å². The Hall–Kier alpha value is -2.46. The molecule has 0 saturated carbocycles. The van der Waals surface area contributed by atoms with Crippen molar-refractivity contribution in [3.8, 4) is 11.3 Å². The van der Waals surface area contributed by atoms with Crippen LogP contribution in [-0.2, 0) is 6.42 Å². The number of pyridine rings is 1. The second-order valence-electron chi connectivity index (χ2n) is 6.41. The Balaban J connectivity index is 1.64. The van der Waals surface area contributed by atoms with E-state index < -0.39 is 6.10 Å². The second-order valence-corrected chi connectivity index (χ2v) is 6.41. The Labute approximate surface area is 134 Å². The van der Waals surface area contributed by atoms with Crippen LogP contribution < -0.4 is 0 Å². The van der Waals surface area contributed by atoms with Crippen LogP contribution in [0.4, 0.5) is 0 Å². The molecular formula is C19H17N3O. The fourth-order valence-corrected chi connectivity index (χ4v) is 4.25. The molecule has 0 spiro atoms. The van der Waals surface area contributed by atoms with Crippen LogP contribution in [0.2, 0.25) is 0 Å². The minimum atomic E-state index is -0.536. The molecule has 1 N–H and O–H groups in total. The Bertz CT molecular complexity index is 886. The summed E-state index contributed by atoms with van der Waals surface area (Å²) in [6, 6.07) is 12.6. The number of benzene rings is 1. The van der Waals surface area contributed by atoms with Gasteiger partial charge >= 0.3 is 0 Å². The molecule has 3 aromatic rings. The molecule has 0 bridgehead atoms. The lowest BCUT2D eigenvalue weighted by Crippen LogP contribution is -2.29. The third-order valence-corrected chi connectivity index (χ3v) is 5.29. The normalized spacial score (nSPS) is 24.8. The number of aromatic nitrogens is 3. The van der Waals surface area contributed by atoms with E-state index in [0.29, 0.717) is 0 Å². The number of rotatable bonds is 1. The molecule has 2 aromatic heterocycles. The van der Waals surface area contributed by atoms with E-state index in [2.05, 4.69) is 44.9 Å². The van der Waals surface area contributed by atoms with Crippen molar-refractivity contribution < 1.29 is 5.11 Å². The number of aryl methyl sites for hydroxylation is 1. The molecule has 0 amide bonds. The molecule has 0 radical (unpaired) electrons. The molecule has 0 unspecified atom stereocenters. The summed E-state index contributed by atoms with van der Waals surface area (Å²) in [7, 11) is 0. The van der Waals surface area contributed by atoms with Crippen LogP contribution in [0.1, 0.15) is 35.4 Å². The highest BCUT2D eigenvalue weighted by atomic mass is 16.3. The summed E-state index contributed by atoms with van der Waals surface area (Å²) in [6.07, 6.45) is 6.96. The first-order valence-corrected chi connectivity index (χ1v) is 8.07. The average Bonchev–Trinajstić information content (AvgIpc) is 3.17.